The summed E-state index contributed by atoms with van der Waals surface area (Å²) in [5.41, 5.74) is 11.8. The first-order valence-corrected chi connectivity index (χ1v) is 15.1. The fraction of sp³-hybridized carbons (Fsp3) is 0.0769. The zero-order valence-electron chi connectivity index (χ0n) is 23.0. The number of para-hydroxylation sites is 1. The third-order valence-electron chi connectivity index (χ3n) is 9.22. The average Bonchev–Trinajstić information content (AvgIpc) is 3.63. The molecule has 41 heavy (non-hydrogen) atoms. The average molecular weight is 542 g/mol. The molecular formula is C39H27NS. The molecule has 8 aromatic rings. The van der Waals surface area contributed by atoms with Gasteiger partial charge < -0.3 is 4.57 Å². The van der Waals surface area contributed by atoms with Crippen LogP contribution in [0.3, 0.4) is 0 Å². The smallest absolute Gasteiger partial charge is 0.0555 e. The van der Waals surface area contributed by atoms with Gasteiger partial charge in [-0.3, -0.25) is 0 Å². The number of nitrogens with zero attached hydrogens (tertiary/aromatic N) is 1. The third-order valence-corrected chi connectivity index (χ3v) is 10.4. The minimum Gasteiger partial charge on any atom is -0.309 e. The van der Waals surface area contributed by atoms with E-state index in [4.69, 9.17) is 0 Å². The molecule has 0 N–H and O–H groups in total. The van der Waals surface area contributed by atoms with E-state index >= 15 is 0 Å². The highest BCUT2D eigenvalue weighted by atomic mass is 32.1. The lowest BCUT2D eigenvalue weighted by Crippen LogP contribution is -2.14. The lowest BCUT2D eigenvalue weighted by Gasteiger charge is -2.21. The topological polar surface area (TPSA) is 4.93 Å². The number of fused-ring (bicyclic) bond motifs is 10. The highest BCUT2D eigenvalue weighted by Crippen LogP contribution is 2.49. The van der Waals surface area contributed by atoms with Gasteiger partial charge in [0.15, 0.2) is 0 Å². The Morgan fingerprint density at radius 3 is 2.12 bits per heavy atom. The molecule has 1 nitrogen and oxygen atoms in total. The van der Waals surface area contributed by atoms with E-state index in [9.17, 15) is 0 Å². The summed E-state index contributed by atoms with van der Waals surface area (Å²) in [5.74, 6) is 0. The molecule has 0 fully saturated rings. The van der Waals surface area contributed by atoms with Gasteiger partial charge in [0.1, 0.15) is 0 Å². The van der Waals surface area contributed by atoms with E-state index in [1.165, 1.54) is 81.0 Å². The molecule has 1 aliphatic rings. The SMILES string of the molecule is CC1(C)c2ccccc2-c2cc(-c3ccc(-n4c5ccccc5c5c6sc7ccccc7c6ccc54)cc3)ccc21. The molecule has 6 aromatic carbocycles. The van der Waals surface area contributed by atoms with Crippen LogP contribution in [0.5, 0.6) is 0 Å². The molecule has 0 aliphatic heterocycles. The van der Waals surface area contributed by atoms with Gasteiger partial charge in [-0.05, 0) is 69.8 Å². The van der Waals surface area contributed by atoms with Gasteiger partial charge in [-0.25, -0.2) is 0 Å². The van der Waals surface area contributed by atoms with E-state index in [1.807, 2.05) is 11.3 Å². The third kappa shape index (κ3) is 3.11. The van der Waals surface area contributed by atoms with Crippen LogP contribution in [0.1, 0.15) is 25.0 Å². The molecule has 0 atom stereocenters. The number of rotatable bonds is 2. The Kier molecular flexibility index (Phi) is 4.61. The minimum atomic E-state index is 0.0324. The fourth-order valence-corrected chi connectivity index (χ4v) is 8.47. The number of hydrogen-bond acceptors (Lipinski definition) is 1. The summed E-state index contributed by atoms with van der Waals surface area (Å²) in [7, 11) is 0. The van der Waals surface area contributed by atoms with Gasteiger partial charge in [-0.1, -0.05) is 105 Å². The lowest BCUT2D eigenvalue weighted by atomic mass is 9.82. The molecule has 9 rings (SSSR count). The van der Waals surface area contributed by atoms with E-state index in [2.05, 4.69) is 146 Å². The molecule has 0 spiro atoms. The first kappa shape index (κ1) is 23.1. The van der Waals surface area contributed by atoms with Crippen LogP contribution >= 0.6 is 11.3 Å². The first-order valence-electron chi connectivity index (χ1n) is 14.3. The number of thiophene rings is 1. The molecule has 0 saturated heterocycles. The minimum absolute atomic E-state index is 0.0324. The molecule has 0 radical (unpaired) electrons. The summed E-state index contributed by atoms with van der Waals surface area (Å²) in [6.07, 6.45) is 0. The summed E-state index contributed by atoms with van der Waals surface area (Å²) in [4.78, 5) is 0. The number of aromatic nitrogens is 1. The molecule has 1 aliphatic carbocycles. The molecule has 0 amide bonds. The molecule has 0 saturated carbocycles. The van der Waals surface area contributed by atoms with Gasteiger partial charge in [0.25, 0.3) is 0 Å². The Labute approximate surface area is 242 Å². The molecule has 2 heterocycles. The summed E-state index contributed by atoms with van der Waals surface area (Å²) < 4.78 is 5.15. The fourth-order valence-electron chi connectivity index (χ4n) is 7.22. The molecule has 2 aromatic heterocycles. The van der Waals surface area contributed by atoms with Gasteiger partial charge in [-0.2, -0.15) is 0 Å². The van der Waals surface area contributed by atoms with Crippen molar-refractivity contribution in [3.05, 3.63) is 139 Å². The van der Waals surface area contributed by atoms with Crippen LogP contribution in [0.15, 0.2) is 127 Å². The maximum Gasteiger partial charge on any atom is 0.0555 e. The second-order valence-electron chi connectivity index (χ2n) is 11.8. The number of benzene rings is 6. The zero-order chi connectivity index (χ0) is 27.3. The molecule has 0 unspecified atom stereocenters. The van der Waals surface area contributed by atoms with E-state index < -0.39 is 0 Å². The molecular weight excluding hydrogens is 515 g/mol. The van der Waals surface area contributed by atoms with Crippen LogP contribution in [0, 0.1) is 0 Å². The van der Waals surface area contributed by atoms with Crippen molar-refractivity contribution in [2.75, 3.05) is 0 Å². The Morgan fingerprint density at radius 1 is 0.537 bits per heavy atom. The van der Waals surface area contributed by atoms with Crippen LogP contribution < -0.4 is 0 Å². The molecule has 194 valence electrons. The van der Waals surface area contributed by atoms with Gasteiger partial charge in [0, 0.05) is 42.0 Å². The van der Waals surface area contributed by atoms with Gasteiger partial charge in [0.05, 0.1) is 11.0 Å². The van der Waals surface area contributed by atoms with Crippen LogP contribution in [0.2, 0.25) is 0 Å². The summed E-state index contributed by atoms with van der Waals surface area (Å²) >= 11 is 1.91. The van der Waals surface area contributed by atoms with E-state index in [0.29, 0.717) is 0 Å². The van der Waals surface area contributed by atoms with E-state index in [0.717, 1.165) is 0 Å². The largest absolute Gasteiger partial charge is 0.309 e. The van der Waals surface area contributed by atoms with Crippen molar-refractivity contribution in [3.63, 3.8) is 0 Å². The monoisotopic (exact) mass is 541 g/mol. The second-order valence-corrected chi connectivity index (χ2v) is 12.8. The normalized spacial score (nSPS) is 13.8. The quantitative estimate of drug-likeness (QED) is 0.205. The number of hydrogen-bond donors (Lipinski definition) is 0. The maximum absolute atomic E-state index is 2.43. The van der Waals surface area contributed by atoms with Crippen LogP contribution in [-0.4, -0.2) is 4.57 Å². The van der Waals surface area contributed by atoms with Crippen molar-refractivity contribution in [1.29, 1.82) is 0 Å². The first-order chi connectivity index (χ1) is 20.1. The van der Waals surface area contributed by atoms with Crippen LogP contribution in [0.4, 0.5) is 0 Å². The molecule has 2 heteroatoms. The summed E-state index contributed by atoms with van der Waals surface area (Å²) in [6, 6.07) is 47.2. The Hall–Kier alpha value is -4.66. The maximum atomic E-state index is 2.43. The predicted octanol–water partition coefficient (Wildman–Crippen LogP) is 11.1. The van der Waals surface area contributed by atoms with E-state index in [-0.39, 0.29) is 5.41 Å². The summed E-state index contributed by atoms with van der Waals surface area (Å²) in [6.45, 7) is 4.68. The predicted molar refractivity (Wildman–Crippen MR) is 177 cm³/mol. The second kappa shape index (κ2) is 8.19. The van der Waals surface area contributed by atoms with E-state index in [1.54, 1.807) is 0 Å². The summed E-state index contributed by atoms with van der Waals surface area (Å²) in [5, 5.41) is 5.35. The van der Waals surface area contributed by atoms with Gasteiger partial charge in [0.2, 0.25) is 0 Å². The van der Waals surface area contributed by atoms with Gasteiger partial charge >= 0.3 is 0 Å². The lowest BCUT2D eigenvalue weighted by molar-refractivity contribution is 0.660. The Bertz CT molecular complexity index is 2330. The zero-order valence-corrected chi connectivity index (χ0v) is 23.8. The Balaban J connectivity index is 1.21. The van der Waals surface area contributed by atoms with Crippen molar-refractivity contribution >= 4 is 53.3 Å². The molecule has 0 bridgehead atoms. The van der Waals surface area contributed by atoms with Crippen molar-refractivity contribution in [2.24, 2.45) is 0 Å². The van der Waals surface area contributed by atoms with Crippen molar-refractivity contribution < 1.29 is 0 Å². The van der Waals surface area contributed by atoms with Crippen LogP contribution in [-0.2, 0) is 5.41 Å². The highest BCUT2D eigenvalue weighted by Gasteiger charge is 2.35. The van der Waals surface area contributed by atoms with Crippen molar-refractivity contribution in [3.8, 4) is 27.9 Å². The van der Waals surface area contributed by atoms with Crippen molar-refractivity contribution in [1.82, 2.24) is 4.57 Å². The highest BCUT2D eigenvalue weighted by molar-refractivity contribution is 7.26. The van der Waals surface area contributed by atoms with Gasteiger partial charge in [-0.15, -0.1) is 11.3 Å². The van der Waals surface area contributed by atoms with Crippen molar-refractivity contribution in [2.45, 2.75) is 19.3 Å². The Morgan fingerprint density at radius 2 is 1.24 bits per heavy atom. The van der Waals surface area contributed by atoms with Crippen LogP contribution in [0.25, 0.3) is 69.9 Å². The standard InChI is InChI=1S/C39H27NS/c1-39(2)32-12-6-3-9-27(32)31-23-25(17-21-33(31)39)24-15-18-26(19-16-24)40-34-13-7-4-11-30(34)37-35(40)22-20-29-28-10-5-8-14-36(28)41-38(29)37/h3-23H,1-2H3.